The average molecular weight is 393 g/mol. The molecule has 0 unspecified atom stereocenters. The highest BCUT2D eigenvalue weighted by Gasteiger charge is 2.18. The van der Waals surface area contributed by atoms with Crippen LogP contribution < -0.4 is 9.47 Å². The van der Waals surface area contributed by atoms with Gasteiger partial charge in [0.05, 0.1) is 18.5 Å². The molecular formula is C18H17BrO3S. The fraction of sp³-hybridized carbons (Fsp3) is 0.278. The van der Waals surface area contributed by atoms with Crippen molar-refractivity contribution < 1.29 is 14.3 Å². The lowest BCUT2D eigenvalue weighted by atomic mass is 10.1. The molecule has 1 aliphatic rings. The number of rotatable bonds is 4. The fourth-order valence-electron chi connectivity index (χ4n) is 2.32. The lowest BCUT2D eigenvalue weighted by Crippen LogP contribution is -2.13. The predicted molar refractivity (Wildman–Crippen MR) is 95.8 cm³/mol. The SMILES string of the molecule is C[C@@H](Sc1ccc2c(c1)OCCCO2)C(=O)c1ccc(Br)cc1. The van der Waals surface area contributed by atoms with Crippen molar-refractivity contribution in [3.8, 4) is 11.5 Å². The van der Waals surface area contributed by atoms with Crippen LogP contribution in [0.5, 0.6) is 11.5 Å². The molecule has 3 rings (SSSR count). The van der Waals surface area contributed by atoms with E-state index in [4.69, 9.17) is 9.47 Å². The molecule has 1 atom stereocenters. The summed E-state index contributed by atoms with van der Waals surface area (Å²) in [5.41, 5.74) is 0.725. The molecule has 0 spiro atoms. The minimum atomic E-state index is -0.166. The topological polar surface area (TPSA) is 35.5 Å². The van der Waals surface area contributed by atoms with Gasteiger partial charge < -0.3 is 9.47 Å². The summed E-state index contributed by atoms with van der Waals surface area (Å²) < 4.78 is 12.3. The second-order valence-corrected chi connectivity index (χ2v) is 7.62. The Hall–Kier alpha value is -1.46. The van der Waals surface area contributed by atoms with Crippen LogP contribution in [-0.2, 0) is 0 Å². The van der Waals surface area contributed by atoms with E-state index in [-0.39, 0.29) is 11.0 Å². The minimum Gasteiger partial charge on any atom is -0.490 e. The molecule has 120 valence electrons. The van der Waals surface area contributed by atoms with Gasteiger partial charge in [0.15, 0.2) is 17.3 Å². The van der Waals surface area contributed by atoms with Gasteiger partial charge in [-0.1, -0.05) is 28.1 Å². The third-order valence-corrected chi connectivity index (χ3v) is 5.15. The molecule has 0 aromatic heterocycles. The van der Waals surface area contributed by atoms with Gasteiger partial charge >= 0.3 is 0 Å². The maximum atomic E-state index is 12.5. The number of hydrogen-bond donors (Lipinski definition) is 0. The summed E-state index contributed by atoms with van der Waals surface area (Å²) in [6, 6.07) is 13.3. The Morgan fingerprint density at radius 1 is 1.09 bits per heavy atom. The molecule has 1 heterocycles. The van der Waals surface area contributed by atoms with Gasteiger partial charge in [-0.25, -0.2) is 0 Å². The second-order valence-electron chi connectivity index (χ2n) is 5.29. The third kappa shape index (κ3) is 4.09. The first-order chi connectivity index (χ1) is 11.1. The van der Waals surface area contributed by atoms with Gasteiger partial charge in [0, 0.05) is 21.4 Å². The Labute approximate surface area is 148 Å². The van der Waals surface area contributed by atoms with Gasteiger partial charge in [0.2, 0.25) is 0 Å². The second kappa shape index (κ2) is 7.41. The van der Waals surface area contributed by atoms with Crippen LogP contribution in [0.2, 0.25) is 0 Å². The summed E-state index contributed by atoms with van der Waals surface area (Å²) >= 11 is 4.92. The molecule has 2 aromatic rings. The Morgan fingerprint density at radius 2 is 1.78 bits per heavy atom. The van der Waals surface area contributed by atoms with Crippen LogP contribution in [0.15, 0.2) is 51.8 Å². The van der Waals surface area contributed by atoms with E-state index in [9.17, 15) is 4.79 Å². The molecule has 3 nitrogen and oxygen atoms in total. The highest BCUT2D eigenvalue weighted by Crippen LogP contribution is 2.35. The number of fused-ring (bicyclic) bond motifs is 1. The van der Waals surface area contributed by atoms with E-state index in [1.165, 1.54) is 11.8 Å². The Bertz CT molecular complexity index is 700. The molecule has 0 radical (unpaired) electrons. The van der Waals surface area contributed by atoms with Crippen molar-refractivity contribution in [2.24, 2.45) is 0 Å². The van der Waals surface area contributed by atoms with Crippen LogP contribution in [0, 0.1) is 0 Å². The monoisotopic (exact) mass is 392 g/mol. The van der Waals surface area contributed by atoms with Gasteiger partial charge in [0.1, 0.15) is 0 Å². The smallest absolute Gasteiger partial charge is 0.175 e. The van der Waals surface area contributed by atoms with Gasteiger partial charge in [-0.05, 0) is 37.3 Å². The molecule has 2 aromatic carbocycles. The predicted octanol–water partition coefficient (Wildman–Crippen LogP) is 4.97. The first-order valence-corrected chi connectivity index (χ1v) is 9.17. The molecule has 0 amide bonds. The summed E-state index contributed by atoms with van der Waals surface area (Å²) in [5, 5.41) is -0.166. The van der Waals surface area contributed by atoms with Crippen LogP contribution in [-0.4, -0.2) is 24.2 Å². The molecule has 0 saturated heterocycles. The number of ketones is 1. The summed E-state index contributed by atoms with van der Waals surface area (Å²) in [5.74, 6) is 1.66. The van der Waals surface area contributed by atoms with E-state index in [2.05, 4.69) is 15.9 Å². The van der Waals surface area contributed by atoms with Crippen molar-refractivity contribution in [2.45, 2.75) is 23.5 Å². The Morgan fingerprint density at radius 3 is 2.52 bits per heavy atom. The normalized spacial score (nSPS) is 14.9. The number of carbonyl (C=O) groups excluding carboxylic acids is 1. The average Bonchev–Trinajstić information content (AvgIpc) is 2.79. The van der Waals surface area contributed by atoms with Crippen LogP contribution in [0.1, 0.15) is 23.7 Å². The molecule has 0 saturated carbocycles. The van der Waals surface area contributed by atoms with Crippen molar-refractivity contribution in [3.05, 3.63) is 52.5 Å². The zero-order valence-corrected chi connectivity index (χ0v) is 15.2. The molecule has 5 heteroatoms. The Kier molecular flexibility index (Phi) is 5.28. The van der Waals surface area contributed by atoms with Crippen LogP contribution in [0.25, 0.3) is 0 Å². The molecule has 0 bridgehead atoms. The number of Topliss-reactive ketones (excluding diaryl/α,β-unsaturated/α-hetero) is 1. The number of benzene rings is 2. The molecule has 0 aliphatic carbocycles. The minimum absolute atomic E-state index is 0.120. The van der Waals surface area contributed by atoms with Crippen molar-refractivity contribution in [1.29, 1.82) is 0 Å². The summed E-state index contributed by atoms with van der Waals surface area (Å²) in [4.78, 5) is 13.5. The van der Waals surface area contributed by atoms with E-state index >= 15 is 0 Å². The number of ether oxygens (including phenoxy) is 2. The molecule has 23 heavy (non-hydrogen) atoms. The molecule has 1 aliphatic heterocycles. The Balaban J connectivity index is 1.72. The van der Waals surface area contributed by atoms with Crippen molar-refractivity contribution in [3.63, 3.8) is 0 Å². The quantitative estimate of drug-likeness (QED) is 0.543. The summed E-state index contributed by atoms with van der Waals surface area (Å²) in [6.45, 7) is 3.27. The number of thioether (sulfide) groups is 1. The molecule has 0 N–H and O–H groups in total. The lowest BCUT2D eigenvalue weighted by molar-refractivity contribution is 0.0994. The highest BCUT2D eigenvalue weighted by molar-refractivity contribution is 9.10. The molecule has 0 fully saturated rings. The standard InChI is InChI=1S/C18H17BrO3S/c1-12(18(20)13-3-5-14(19)6-4-13)23-15-7-8-16-17(11-15)22-10-2-9-21-16/h3-8,11-12H,2,9-10H2,1H3/t12-/m1/s1. The highest BCUT2D eigenvalue weighted by atomic mass is 79.9. The van der Waals surface area contributed by atoms with E-state index < -0.39 is 0 Å². The first kappa shape index (κ1) is 16.4. The molecular weight excluding hydrogens is 376 g/mol. The van der Waals surface area contributed by atoms with Gasteiger partial charge in [-0.3, -0.25) is 4.79 Å². The summed E-state index contributed by atoms with van der Waals surface area (Å²) in [6.07, 6.45) is 0.885. The first-order valence-electron chi connectivity index (χ1n) is 7.49. The van der Waals surface area contributed by atoms with Crippen molar-refractivity contribution in [2.75, 3.05) is 13.2 Å². The maximum Gasteiger partial charge on any atom is 0.175 e. The van der Waals surface area contributed by atoms with Crippen LogP contribution in [0.3, 0.4) is 0 Å². The van der Waals surface area contributed by atoms with E-state index in [1.807, 2.05) is 49.4 Å². The maximum absolute atomic E-state index is 12.5. The number of hydrogen-bond acceptors (Lipinski definition) is 4. The third-order valence-electron chi connectivity index (χ3n) is 3.53. The van der Waals surface area contributed by atoms with Gasteiger partial charge in [-0.2, -0.15) is 0 Å². The lowest BCUT2D eigenvalue weighted by Gasteiger charge is -2.13. The van der Waals surface area contributed by atoms with Crippen molar-refractivity contribution in [1.82, 2.24) is 0 Å². The summed E-state index contributed by atoms with van der Waals surface area (Å²) in [7, 11) is 0. The van der Waals surface area contributed by atoms with E-state index in [0.717, 1.165) is 32.9 Å². The van der Waals surface area contributed by atoms with Crippen LogP contribution in [0.4, 0.5) is 0 Å². The van der Waals surface area contributed by atoms with Crippen LogP contribution >= 0.6 is 27.7 Å². The largest absolute Gasteiger partial charge is 0.490 e. The zero-order chi connectivity index (χ0) is 16.2. The van der Waals surface area contributed by atoms with E-state index in [0.29, 0.717) is 13.2 Å². The van der Waals surface area contributed by atoms with Gasteiger partial charge in [0.25, 0.3) is 0 Å². The fourth-order valence-corrected chi connectivity index (χ4v) is 3.56. The van der Waals surface area contributed by atoms with Crippen molar-refractivity contribution >= 4 is 33.5 Å². The number of carbonyl (C=O) groups is 1. The van der Waals surface area contributed by atoms with E-state index in [1.54, 1.807) is 0 Å². The van der Waals surface area contributed by atoms with Gasteiger partial charge in [-0.15, -0.1) is 11.8 Å². The number of halogens is 1. The zero-order valence-electron chi connectivity index (χ0n) is 12.8.